The monoisotopic (exact) mass is 428 g/mol. The van der Waals surface area contributed by atoms with Gasteiger partial charge < -0.3 is 20.3 Å². The number of rotatable bonds is 9. The van der Waals surface area contributed by atoms with Gasteiger partial charge in [0.05, 0.1) is 13.2 Å². The van der Waals surface area contributed by atoms with Crippen molar-refractivity contribution in [1.82, 2.24) is 20.4 Å². The molecule has 170 valence electrons. The van der Waals surface area contributed by atoms with Gasteiger partial charge >= 0.3 is 6.03 Å². The van der Waals surface area contributed by atoms with Gasteiger partial charge in [0.15, 0.2) is 0 Å². The number of carbonyl (C=O) groups is 2. The van der Waals surface area contributed by atoms with E-state index in [2.05, 4.69) is 22.1 Å². The highest BCUT2D eigenvalue weighted by Crippen LogP contribution is 2.31. The molecule has 1 saturated heterocycles. The summed E-state index contributed by atoms with van der Waals surface area (Å²) in [5, 5.41) is 6.02. The number of ether oxygens (including phenoxy) is 1. The highest BCUT2D eigenvalue weighted by Gasteiger charge is 2.37. The van der Waals surface area contributed by atoms with Gasteiger partial charge in [-0.2, -0.15) is 0 Å². The highest BCUT2D eigenvalue weighted by atomic mass is 16.5. The van der Waals surface area contributed by atoms with E-state index in [4.69, 9.17) is 4.74 Å². The normalized spacial score (nSPS) is 18.4. The molecule has 1 aliphatic carbocycles. The Hall–Kier alpha value is -2.54. The molecule has 2 N–H and O–H groups in total. The van der Waals surface area contributed by atoms with Crippen molar-refractivity contribution in [2.75, 3.05) is 46.4 Å². The summed E-state index contributed by atoms with van der Waals surface area (Å²) in [6.07, 6.45) is 7.01. The second-order valence-corrected chi connectivity index (χ2v) is 8.34. The minimum Gasteiger partial charge on any atom is -0.496 e. The molecule has 1 heterocycles. The minimum absolute atomic E-state index is 0.0572. The molecule has 3 amide bonds. The summed E-state index contributed by atoms with van der Waals surface area (Å²) in [6, 6.07) is 7.76. The molecule has 0 aromatic heterocycles. The molecule has 1 atom stereocenters. The van der Waals surface area contributed by atoms with Gasteiger partial charge in [-0.15, -0.1) is 6.58 Å². The number of nitrogens with zero attached hydrogens (tertiary/aromatic N) is 2. The zero-order chi connectivity index (χ0) is 22.1. The minimum atomic E-state index is -0.112. The summed E-state index contributed by atoms with van der Waals surface area (Å²) in [5.74, 6) is 1.37. The molecule has 0 spiro atoms. The summed E-state index contributed by atoms with van der Waals surface area (Å²) < 4.78 is 5.42. The molecule has 1 aromatic rings. The summed E-state index contributed by atoms with van der Waals surface area (Å²) in [4.78, 5) is 29.6. The molecular weight excluding hydrogens is 392 g/mol. The van der Waals surface area contributed by atoms with Crippen LogP contribution in [-0.4, -0.2) is 74.2 Å². The second-order valence-electron chi connectivity index (χ2n) is 8.34. The van der Waals surface area contributed by atoms with Gasteiger partial charge in [0.25, 0.3) is 0 Å². The van der Waals surface area contributed by atoms with E-state index in [-0.39, 0.29) is 18.0 Å². The standard InChI is InChI=1S/C24H36N4O3/c1-3-13-26-24(30)28-17-15-27(16-18-28)22(20-9-4-5-10-20)23(29)25-14-12-19-8-6-7-11-21(19)31-2/h3,6-8,11,20,22H,1,4-5,9-10,12-18H2,2H3,(H,25,29)(H,26,30). The predicted molar refractivity (Wildman–Crippen MR) is 122 cm³/mol. The molecule has 1 aliphatic heterocycles. The van der Waals surface area contributed by atoms with Gasteiger partial charge in [-0.25, -0.2) is 4.79 Å². The van der Waals surface area contributed by atoms with Crippen LogP contribution >= 0.6 is 0 Å². The fourth-order valence-electron chi connectivity index (χ4n) is 4.76. The topological polar surface area (TPSA) is 73.9 Å². The van der Waals surface area contributed by atoms with Gasteiger partial charge in [-0.3, -0.25) is 9.69 Å². The third-order valence-corrected chi connectivity index (χ3v) is 6.39. The molecule has 0 bridgehead atoms. The van der Waals surface area contributed by atoms with Crippen molar-refractivity contribution in [3.63, 3.8) is 0 Å². The lowest BCUT2D eigenvalue weighted by Crippen LogP contribution is -2.59. The van der Waals surface area contributed by atoms with Crippen LogP contribution in [0.3, 0.4) is 0 Å². The molecule has 1 aromatic carbocycles. The Morgan fingerprint density at radius 1 is 1.16 bits per heavy atom. The molecule has 7 heteroatoms. The Bertz CT molecular complexity index is 740. The van der Waals surface area contributed by atoms with E-state index in [1.165, 1.54) is 12.8 Å². The van der Waals surface area contributed by atoms with Crippen molar-refractivity contribution in [3.8, 4) is 5.75 Å². The van der Waals surface area contributed by atoms with Crippen LogP contribution in [-0.2, 0) is 11.2 Å². The first kappa shape index (κ1) is 23.1. The van der Waals surface area contributed by atoms with Gasteiger partial charge in [0.1, 0.15) is 5.75 Å². The van der Waals surface area contributed by atoms with Gasteiger partial charge in [-0.05, 0) is 36.8 Å². The first-order chi connectivity index (χ1) is 15.1. The Morgan fingerprint density at radius 2 is 1.87 bits per heavy atom. The average molecular weight is 429 g/mol. The lowest BCUT2D eigenvalue weighted by Gasteiger charge is -2.40. The average Bonchev–Trinajstić information content (AvgIpc) is 3.32. The fourth-order valence-corrected chi connectivity index (χ4v) is 4.76. The molecule has 2 aliphatic rings. The predicted octanol–water partition coefficient (Wildman–Crippen LogP) is 2.43. The molecule has 1 unspecified atom stereocenters. The molecule has 3 rings (SSSR count). The molecule has 7 nitrogen and oxygen atoms in total. The smallest absolute Gasteiger partial charge is 0.317 e. The van der Waals surface area contributed by atoms with Crippen LogP contribution in [0.25, 0.3) is 0 Å². The summed E-state index contributed by atoms with van der Waals surface area (Å²) in [5.41, 5.74) is 1.10. The van der Waals surface area contributed by atoms with Crippen molar-refractivity contribution in [2.24, 2.45) is 5.92 Å². The van der Waals surface area contributed by atoms with E-state index in [1.807, 2.05) is 29.2 Å². The molecular formula is C24H36N4O3. The number of piperazine rings is 1. The fraction of sp³-hybridized carbons (Fsp3) is 0.583. The number of amides is 3. The van der Waals surface area contributed by atoms with E-state index in [0.29, 0.717) is 32.1 Å². The maximum atomic E-state index is 13.2. The van der Waals surface area contributed by atoms with Crippen LogP contribution in [0.4, 0.5) is 4.79 Å². The first-order valence-electron chi connectivity index (χ1n) is 11.4. The van der Waals surface area contributed by atoms with Gasteiger partial charge in [0.2, 0.25) is 5.91 Å². The maximum Gasteiger partial charge on any atom is 0.317 e. The molecule has 1 saturated carbocycles. The Morgan fingerprint density at radius 3 is 2.55 bits per heavy atom. The SMILES string of the molecule is C=CCNC(=O)N1CCN(C(C(=O)NCCc2ccccc2OC)C2CCCC2)CC1. The van der Waals surface area contributed by atoms with Crippen LogP contribution in [0.15, 0.2) is 36.9 Å². The quantitative estimate of drug-likeness (QED) is 0.593. The number of nitrogens with one attached hydrogen (secondary N) is 2. The number of carbonyl (C=O) groups excluding carboxylic acids is 2. The summed E-state index contributed by atoms with van der Waals surface area (Å²) in [6.45, 7) is 7.43. The van der Waals surface area contributed by atoms with E-state index >= 15 is 0 Å². The van der Waals surface area contributed by atoms with Crippen molar-refractivity contribution in [1.29, 1.82) is 0 Å². The third kappa shape index (κ3) is 6.23. The third-order valence-electron chi connectivity index (χ3n) is 6.39. The molecule has 0 radical (unpaired) electrons. The van der Waals surface area contributed by atoms with Gasteiger partial charge in [-0.1, -0.05) is 37.1 Å². The second kappa shape index (κ2) is 11.7. The molecule has 2 fully saturated rings. The highest BCUT2D eigenvalue weighted by molar-refractivity contribution is 5.82. The maximum absolute atomic E-state index is 13.2. The lowest BCUT2D eigenvalue weighted by atomic mass is 9.95. The van der Waals surface area contributed by atoms with Crippen molar-refractivity contribution >= 4 is 11.9 Å². The lowest BCUT2D eigenvalue weighted by molar-refractivity contribution is -0.129. The van der Waals surface area contributed by atoms with E-state index in [1.54, 1.807) is 13.2 Å². The van der Waals surface area contributed by atoms with E-state index in [0.717, 1.165) is 43.7 Å². The van der Waals surface area contributed by atoms with Crippen LogP contribution < -0.4 is 15.4 Å². The zero-order valence-corrected chi connectivity index (χ0v) is 18.6. The Balaban J connectivity index is 1.56. The largest absolute Gasteiger partial charge is 0.496 e. The zero-order valence-electron chi connectivity index (χ0n) is 18.6. The van der Waals surface area contributed by atoms with Crippen molar-refractivity contribution in [3.05, 3.63) is 42.5 Å². The number of para-hydroxylation sites is 1. The summed E-state index contributed by atoms with van der Waals surface area (Å²) in [7, 11) is 1.67. The number of methoxy groups -OCH3 is 1. The van der Waals surface area contributed by atoms with Crippen LogP contribution in [0.5, 0.6) is 5.75 Å². The van der Waals surface area contributed by atoms with Crippen LogP contribution in [0.2, 0.25) is 0 Å². The molecule has 31 heavy (non-hydrogen) atoms. The van der Waals surface area contributed by atoms with Crippen LogP contribution in [0.1, 0.15) is 31.2 Å². The van der Waals surface area contributed by atoms with Crippen LogP contribution in [0, 0.1) is 5.92 Å². The van der Waals surface area contributed by atoms with E-state index in [9.17, 15) is 9.59 Å². The van der Waals surface area contributed by atoms with E-state index < -0.39 is 0 Å². The number of hydrogen-bond donors (Lipinski definition) is 2. The first-order valence-corrected chi connectivity index (χ1v) is 11.4. The van der Waals surface area contributed by atoms with Crippen molar-refractivity contribution < 1.29 is 14.3 Å². The number of urea groups is 1. The number of hydrogen-bond acceptors (Lipinski definition) is 4. The van der Waals surface area contributed by atoms with Crippen molar-refractivity contribution in [2.45, 2.75) is 38.1 Å². The Labute approximate surface area is 185 Å². The summed E-state index contributed by atoms with van der Waals surface area (Å²) >= 11 is 0. The number of benzene rings is 1. The van der Waals surface area contributed by atoms with Gasteiger partial charge in [0, 0.05) is 39.3 Å². The Kier molecular flexibility index (Phi) is 8.76.